The van der Waals surface area contributed by atoms with Crippen LogP contribution in [0.5, 0.6) is 0 Å². The first-order valence-electron chi connectivity index (χ1n) is 6.27. The number of hydrogen-bond acceptors (Lipinski definition) is 0. The Hall–Kier alpha value is 0. The van der Waals surface area contributed by atoms with Crippen LogP contribution >= 0.6 is 0 Å². The molecular formula is C13H26. The van der Waals surface area contributed by atoms with Crippen molar-refractivity contribution in [1.82, 2.24) is 0 Å². The van der Waals surface area contributed by atoms with Gasteiger partial charge < -0.3 is 0 Å². The van der Waals surface area contributed by atoms with Gasteiger partial charge in [0.2, 0.25) is 0 Å². The Kier molecular flexibility index (Phi) is 4.83. The van der Waals surface area contributed by atoms with Crippen molar-refractivity contribution in [3.05, 3.63) is 0 Å². The van der Waals surface area contributed by atoms with Gasteiger partial charge in [-0.1, -0.05) is 59.3 Å². The fraction of sp³-hybridized carbons (Fsp3) is 1.00. The molecule has 0 nitrogen and oxygen atoms in total. The maximum atomic E-state index is 2.48. The zero-order valence-corrected chi connectivity index (χ0v) is 9.68. The van der Waals surface area contributed by atoms with Gasteiger partial charge in [0.1, 0.15) is 0 Å². The fourth-order valence-corrected chi connectivity index (χ4v) is 2.87. The minimum absolute atomic E-state index is 0.993. The Bertz CT molecular complexity index is 118. The van der Waals surface area contributed by atoms with E-state index >= 15 is 0 Å². The van der Waals surface area contributed by atoms with Crippen molar-refractivity contribution >= 4 is 0 Å². The average Bonchev–Trinajstić information content (AvgIpc) is 2.66. The van der Waals surface area contributed by atoms with Crippen LogP contribution in [0.1, 0.15) is 65.7 Å². The largest absolute Gasteiger partial charge is 0.0651 e. The van der Waals surface area contributed by atoms with Gasteiger partial charge >= 0.3 is 0 Å². The van der Waals surface area contributed by atoms with E-state index in [0.717, 1.165) is 17.8 Å². The molecule has 1 aliphatic rings. The minimum Gasteiger partial charge on any atom is -0.0651 e. The third-order valence-corrected chi connectivity index (χ3v) is 4.06. The topological polar surface area (TPSA) is 0 Å². The van der Waals surface area contributed by atoms with E-state index in [1.165, 1.54) is 44.9 Å². The molecular weight excluding hydrogens is 156 g/mol. The van der Waals surface area contributed by atoms with E-state index in [1.54, 1.807) is 0 Å². The first kappa shape index (κ1) is 11.1. The molecule has 13 heavy (non-hydrogen) atoms. The lowest BCUT2D eigenvalue weighted by Gasteiger charge is -2.23. The van der Waals surface area contributed by atoms with Gasteiger partial charge in [-0.05, 0) is 24.2 Å². The van der Waals surface area contributed by atoms with Gasteiger partial charge in [-0.15, -0.1) is 0 Å². The molecule has 1 atom stereocenters. The molecule has 0 spiro atoms. The van der Waals surface area contributed by atoms with E-state index in [-0.39, 0.29) is 0 Å². The SMILES string of the molecule is CCC(CC)CC(C)C1CCCC1. The van der Waals surface area contributed by atoms with Gasteiger partial charge in [0.15, 0.2) is 0 Å². The van der Waals surface area contributed by atoms with Gasteiger partial charge in [-0.3, -0.25) is 0 Å². The van der Waals surface area contributed by atoms with Crippen LogP contribution in [0.3, 0.4) is 0 Å². The predicted octanol–water partition coefficient (Wildman–Crippen LogP) is 4.64. The summed E-state index contributed by atoms with van der Waals surface area (Å²) in [5.41, 5.74) is 0. The smallest absolute Gasteiger partial charge is 0.0388 e. The average molecular weight is 182 g/mol. The highest BCUT2D eigenvalue weighted by molar-refractivity contribution is 4.74. The summed E-state index contributed by atoms with van der Waals surface area (Å²) >= 11 is 0. The van der Waals surface area contributed by atoms with Gasteiger partial charge in [-0.2, -0.15) is 0 Å². The van der Waals surface area contributed by atoms with E-state index in [9.17, 15) is 0 Å². The molecule has 0 heterocycles. The van der Waals surface area contributed by atoms with Crippen molar-refractivity contribution < 1.29 is 0 Å². The van der Waals surface area contributed by atoms with Crippen LogP contribution in [0, 0.1) is 17.8 Å². The maximum Gasteiger partial charge on any atom is -0.0388 e. The summed E-state index contributed by atoms with van der Waals surface area (Å²) < 4.78 is 0. The summed E-state index contributed by atoms with van der Waals surface area (Å²) in [7, 11) is 0. The van der Waals surface area contributed by atoms with Crippen molar-refractivity contribution in [2.24, 2.45) is 17.8 Å². The maximum absolute atomic E-state index is 2.48. The molecule has 1 saturated carbocycles. The first-order chi connectivity index (χ1) is 6.27. The van der Waals surface area contributed by atoms with Gasteiger partial charge in [0.25, 0.3) is 0 Å². The Balaban J connectivity index is 2.25. The molecule has 1 rings (SSSR count). The number of hydrogen-bond donors (Lipinski definition) is 0. The van der Waals surface area contributed by atoms with Crippen molar-refractivity contribution in [3.63, 3.8) is 0 Å². The first-order valence-corrected chi connectivity index (χ1v) is 6.27. The zero-order chi connectivity index (χ0) is 9.68. The van der Waals surface area contributed by atoms with Gasteiger partial charge in [-0.25, -0.2) is 0 Å². The molecule has 0 aliphatic heterocycles. The molecule has 0 bridgehead atoms. The molecule has 0 N–H and O–H groups in total. The molecule has 0 heteroatoms. The van der Waals surface area contributed by atoms with Crippen molar-refractivity contribution in [1.29, 1.82) is 0 Å². The normalized spacial score (nSPS) is 21.2. The lowest BCUT2D eigenvalue weighted by molar-refractivity contribution is 0.281. The summed E-state index contributed by atoms with van der Waals surface area (Å²) in [6, 6.07) is 0. The van der Waals surface area contributed by atoms with Crippen LogP contribution in [0.2, 0.25) is 0 Å². The van der Waals surface area contributed by atoms with E-state index in [0.29, 0.717) is 0 Å². The van der Waals surface area contributed by atoms with Crippen LogP contribution < -0.4 is 0 Å². The van der Waals surface area contributed by atoms with Crippen molar-refractivity contribution in [2.75, 3.05) is 0 Å². The van der Waals surface area contributed by atoms with Gasteiger partial charge in [0, 0.05) is 0 Å². The minimum atomic E-state index is 0.993. The van der Waals surface area contributed by atoms with Gasteiger partial charge in [0.05, 0.1) is 0 Å². The molecule has 0 radical (unpaired) electrons. The Morgan fingerprint density at radius 3 is 2.08 bits per heavy atom. The van der Waals surface area contributed by atoms with Crippen molar-refractivity contribution in [2.45, 2.75) is 65.7 Å². The molecule has 1 aliphatic carbocycles. The molecule has 0 aromatic heterocycles. The third-order valence-electron chi connectivity index (χ3n) is 4.06. The summed E-state index contributed by atoms with van der Waals surface area (Å²) in [4.78, 5) is 0. The highest BCUT2D eigenvalue weighted by Gasteiger charge is 2.22. The standard InChI is InChI=1S/C13H26/c1-4-12(5-2)10-11(3)13-8-6-7-9-13/h11-13H,4-10H2,1-3H3. The number of rotatable bonds is 5. The highest BCUT2D eigenvalue weighted by atomic mass is 14.3. The van der Waals surface area contributed by atoms with E-state index in [1.807, 2.05) is 0 Å². The molecule has 0 saturated heterocycles. The van der Waals surface area contributed by atoms with Crippen LogP contribution in [0.15, 0.2) is 0 Å². The Morgan fingerprint density at radius 1 is 1.08 bits per heavy atom. The van der Waals surface area contributed by atoms with E-state index in [4.69, 9.17) is 0 Å². The Morgan fingerprint density at radius 2 is 1.62 bits per heavy atom. The second kappa shape index (κ2) is 5.67. The van der Waals surface area contributed by atoms with Crippen LogP contribution in [0.4, 0.5) is 0 Å². The second-order valence-corrected chi connectivity index (χ2v) is 4.94. The molecule has 0 amide bonds. The summed E-state index contributed by atoms with van der Waals surface area (Å²) in [5, 5.41) is 0. The zero-order valence-electron chi connectivity index (χ0n) is 9.68. The summed E-state index contributed by atoms with van der Waals surface area (Å²) in [6.45, 7) is 7.17. The summed E-state index contributed by atoms with van der Waals surface area (Å²) in [5.74, 6) is 3.06. The molecule has 78 valence electrons. The monoisotopic (exact) mass is 182 g/mol. The van der Waals surface area contributed by atoms with Crippen molar-refractivity contribution in [3.8, 4) is 0 Å². The molecule has 0 aromatic rings. The fourth-order valence-electron chi connectivity index (χ4n) is 2.87. The predicted molar refractivity (Wildman–Crippen MR) is 59.8 cm³/mol. The van der Waals surface area contributed by atoms with E-state index < -0.39 is 0 Å². The lowest BCUT2D eigenvalue weighted by Crippen LogP contribution is -2.12. The highest BCUT2D eigenvalue weighted by Crippen LogP contribution is 2.35. The second-order valence-electron chi connectivity index (χ2n) is 4.94. The Labute approximate surface area is 84.1 Å². The van der Waals surface area contributed by atoms with Crippen LogP contribution in [0.25, 0.3) is 0 Å². The molecule has 1 fully saturated rings. The molecule has 0 aromatic carbocycles. The van der Waals surface area contributed by atoms with E-state index in [2.05, 4.69) is 20.8 Å². The van der Waals surface area contributed by atoms with Crippen LogP contribution in [-0.4, -0.2) is 0 Å². The summed E-state index contributed by atoms with van der Waals surface area (Å²) in [6.07, 6.45) is 10.3. The molecule has 1 unspecified atom stereocenters. The quantitative estimate of drug-likeness (QED) is 0.581. The third kappa shape index (κ3) is 3.32. The lowest BCUT2D eigenvalue weighted by atomic mass is 9.83. The van der Waals surface area contributed by atoms with Crippen LogP contribution in [-0.2, 0) is 0 Å².